The molecule has 3 rings (SSSR count). The average Bonchev–Trinajstić information content (AvgIpc) is 2.88. The minimum atomic E-state index is -1.53. The Hall–Kier alpha value is -2.57. The van der Waals surface area contributed by atoms with Gasteiger partial charge in [0.15, 0.2) is 23.1 Å². The summed E-state index contributed by atoms with van der Waals surface area (Å²) in [5.74, 6) is -3.62. The molecule has 0 fully saturated rings. The number of benzene rings is 1. The lowest BCUT2D eigenvalue weighted by atomic mass is 10.2. The normalized spacial score (nSPS) is 11.0. The van der Waals surface area contributed by atoms with Crippen molar-refractivity contribution in [2.45, 2.75) is 6.92 Å². The van der Waals surface area contributed by atoms with Crippen LogP contribution < -0.4 is 4.74 Å². The topological polar surface area (TPSA) is 50.8 Å². The first-order valence-electron chi connectivity index (χ1n) is 6.23. The predicted octanol–water partition coefficient (Wildman–Crippen LogP) is 3.44. The summed E-state index contributed by atoms with van der Waals surface area (Å²) in [6.45, 7) is 2.27. The molecule has 21 heavy (non-hydrogen) atoms. The number of ether oxygens (including phenoxy) is 1. The van der Waals surface area contributed by atoms with Gasteiger partial charge in [-0.05, 0) is 25.1 Å². The highest BCUT2D eigenvalue weighted by Crippen LogP contribution is 2.26. The number of pyridine rings is 1. The third-order valence-electron chi connectivity index (χ3n) is 2.90. The number of nitrogens with zero attached hydrogens (tertiary/aromatic N) is 2. The Balaban J connectivity index is 2.11. The molecule has 4 nitrogen and oxygen atoms in total. The molecular weight excluding hydrogens is 283 g/mol. The Morgan fingerprint density at radius 3 is 2.62 bits per heavy atom. The number of fused-ring (bicyclic) bond motifs is 1. The van der Waals surface area contributed by atoms with Crippen molar-refractivity contribution in [1.82, 2.24) is 15.0 Å². The Kier molecular flexibility index (Phi) is 3.25. The van der Waals surface area contributed by atoms with Crippen molar-refractivity contribution in [2.24, 2.45) is 0 Å². The van der Waals surface area contributed by atoms with E-state index in [1.54, 1.807) is 12.1 Å². The zero-order valence-electron chi connectivity index (χ0n) is 11.0. The van der Waals surface area contributed by atoms with Crippen LogP contribution in [-0.4, -0.2) is 21.6 Å². The Morgan fingerprint density at radius 1 is 1.05 bits per heavy atom. The summed E-state index contributed by atoms with van der Waals surface area (Å²) >= 11 is 0. The van der Waals surface area contributed by atoms with Crippen LogP contribution in [0.25, 0.3) is 22.6 Å². The van der Waals surface area contributed by atoms with Crippen LogP contribution in [0, 0.1) is 17.5 Å². The molecule has 1 N–H and O–H groups in total. The number of rotatable bonds is 3. The fourth-order valence-electron chi connectivity index (χ4n) is 1.94. The SMILES string of the molecule is CCOc1ccc2[nH]c(-c3ccc(F)c(F)c3F)nc2n1. The number of imidazole rings is 1. The number of nitrogens with one attached hydrogen (secondary N) is 1. The van der Waals surface area contributed by atoms with E-state index in [4.69, 9.17) is 4.74 Å². The first-order chi connectivity index (χ1) is 10.1. The fourth-order valence-corrected chi connectivity index (χ4v) is 1.94. The summed E-state index contributed by atoms with van der Waals surface area (Å²) in [7, 11) is 0. The van der Waals surface area contributed by atoms with Crippen LogP contribution in [0.4, 0.5) is 13.2 Å². The van der Waals surface area contributed by atoms with E-state index in [1.165, 1.54) is 0 Å². The minimum absolute atomic E-state index is 0.0718. The number of H-pyrrole nitrogens is 1. The van der Waals surface area contributed by atoms with Crippen LogP contribution in [0.2, 0.25) is 0 Å². The lowest BCUT2D eigenvalue weighted by Gasteiger charge is -2.00. The zero-order chi connectivity index (χ0) is 15.0. The number of hydrogen-bond acceptors (Lipinski definition) is 3. The molecule has 2 aromatic heterocycles. The van der Waals surface area contributed by atoms with Crippen molar-refractivity contribution >= 4 is 11.2 Å². The molecule has 2 heterocycles. The van der Waals surface area contributed by atoms with E-state index in [2.05, 4.69) is 15.0 Å². The predicted molar refractivity (Wildman–Crippen MR) is 70.4 cm³/mol. The molecule has 0 aliphatic heterocycles. The molecule has 0 bridgehead atoms. The van der Waals surface area contributed by atoms with E-state index in [0.717, 1.165) is 12.1 Å². The van der Waals surface area contributed by atoms with Crippen LogP contribution in [0.15, 0.2) is 24.3 Å². The smallest absolute Gasteiger partial charge is 0.215 e. The summed E-state index contributed by atoms with van der Waals surface area (Å²) in [6, 6.07) is 5.27. The molecule has 0 atom stereocenters. The lowest BCUT2D eigenvalue weighted by Crippen LogP contribution is -1.95. The van der Waals surface area contributed by atoms with Crippen LogP contribution in [0.1, 0.15) is 6.92 Å². The van der Waals surface area contributed by atoms with Gasteiger partial charge in [-0.3, -0.25) is 0 Å². The summed E-state index contributed by atoms with van der Waals surface area (Å²) < 4.78 is 45.2. The monoisotopic (exact) mass is 293 g/mol. The summed E-state index contributed by atoms with van der Waals surface area (Å²) in [6.07, 6.45) is 0. The van der Waals surface area contributed by atoms with Crippen molar-refractivity contribution in [2.75, 3.05) is 6.61 Å². The van der Waals surface area contributed by atoms with Crippen LogP contribution >= 0.6 is 0 Å². The van der Waals surface area contributed by atoms with Gasteiger partial charge in [0.05, 0.1) is 17.7 Å². The lowest BCUT2D eigenvalue weighted by molar-refractivity contribution is 0.328. The maximum Gasteiger partial charge on any atom is 0.215 e. The van der Waals surface area contributed by atoms with Crippen molar-refractivity contribution < 1.29 is 17.9 Å². The maximum atomic E-state index is 13.8. The van der Waals surface area contributed by atoms with Gasteiger partial charge >= 0.3 is 0 Å². The van der Waals surface area contributed by atoms with E-state index in [0.29, 0.717) is 23.7 Å². The van der Waals surface area contributed by atoms with Gasteiger partial charge in [-0.1, -0.05) is 0 Å². The van der Waals surface area contributed by atoms with E-state index in [9.17, 15) is 13.2 Å². The van der Waals surface area contributed by atoms with Crippen molar-refractivity contribution in [1.29, 1.82) is 0 Å². The molecule has 0 aliphatic rings. The highest BCUT2D eigenvalue weighted by Gasteiger charge is 2.17. The van der Waals surface area contributed by atoms with Crippen molar-refractivity contribution in [3.05, 3.63) is 41.7 Å². The first-order valence-corrected chi connectivity index (χ1v) is 6.23. The Bertz CT molecular complexity index is 817. The number of aromatic amines is 1. The number of aromatic nitrogens is 3. The van der Waals surface area contributed by atoms with Crippen molar-refractivity contribution in [3.8, 4) is 17.3 Å². The second kappa shape index (κ2) is 5.08. The number of hydrogen-bond donors (Lipinski definition) is 1. The summed E-state index contributed by atoms with van der Waals surface area (Å²) in [4.78, 5) is 11.0. The first kappa shape index (κ1) is 13.4. The third kappa shape index (κ3) is 2.31. The molecule has 0 amide bonds. The van der Waals surface area contributed by atoms with Crippen LogP contribution in [-0.2, 0) is 0 Å². The van der Waals surface area contributed by atoms with E-state index in [1.807, 2.05) is 6.92 Å². The number of halogens is 3. The third-order valence-corrected chi connectivity index (χ3v) is 2.90. The maximum absolute atomic E-state index is 13.8. The van der Waals surface area contributed by atoms with Gasteiger partial charge in [-0.15, -0.1) is 0 Å². The average molecular weight is 293 g/mol. The van der Waals surface area contributed by atoms with E-state index >= 15 is 0 Å². The molecule has 0 unspecified atom stereocenters. The van der Waals surface area contributed by atoms with Crippen LogP contribution in [0.5, 0.6) is 5.88 Å². The van der Waals surface area contributed by atoms with Gasteiger partial charge in [-0.25, -0.2) is 18.2 Å². The Labute approximate surface area is 117 Å². The largest absolute Gasteiger partial charge is 0.478 e. The molecule has 0 aliphatic carbocycles. The molecule has 7 heteroatoms. The molecule has 108 valence electrons. The van der Waals surface area contributed by atoms with Gasteiger partial charge < -0.3 is 9.72 Å². The molecule has 0 radical (unpaired) electrons. The second-order valence-corrected chi connectivity index (χ2v) is 4.26. The highest BCUT2D eigenvalue weighted by molar-refractivity contribution is 5.76. The molecular formula is C14H10F3N3O. The van der Waals surface area contributed by atoms with E-state index in [-0.39, 0.29) is 11.4 Å². The summed E-state index contributed by atoms with van der Waals surface area (Å²) in [5, 5.41) is 0. The van der Waals surface area contributed by atoms with Gasteiger partial charge in [0.1, 0.15) is 5.82 Å². The highest BCUT2D eigenvalue weighted by atomic mass is 19.2. The minimum Gasteiger partial charge on any atom is -0.478 e. The van der Waals surface area contributed by atoms with E-state index < -0.39 is 17.5 Å². The van der Waals surface area contributed by atoms with Crippen LogP contribution in [0.3, 0.4) is 0 Å². The molecule has 0 saturated heterocycles. The fraction of sp³-hybridized carbons (Fsp3) is 0.143. The van der Waals surface area contributed by atoms with Gasteiger partial charge in [0.25, 0.3) is 0 Å². The molecule has 0 saturated carbocycles. The summed E-state index contributed by atoms with van der Waals surface area (Å²) in [5.41, 5.74) is 0.683. The van der Waals surface area contributed by atoms with Gasteiger partial charge in [0, 0.05) is 6.07 Å². The zero-order valence-corrected chi connectivity index (χ0v) is 11.0. The van der Waals surface area contributed by atoms with Gasteiger partial charge in [0.2, 0.25) is 5.88 Å². The molecule has 0 spiro atoms. The Morgan fingerprint density at radius 2 is 1.86 bits per heavy atom. The van der Waals surface area contributed by atoms with Crippen molar-refractivity contribution in [3.63, 3.8) is 0 Å². The molecule has 1 aromatic carbocycles. The van der Waals surface area contributed by atoms with Gasteiger partial charge in [-0.2, -0.15) is 4.98 Å². The second-order valence-electron chi connectivity index (χ2n) is 4.26. The standard InChI is InChI=1S/C14H10F3N3O/c1-2-21-10-6-5-9-14(19-10)20-13(18-9)7-3-4-8(15)12(17)11(7)16/h3-6H,2H2,1H3,(H,18,19,20). The molecule has 3 aromatic rings. The quantitative estimate of drug-likeness (QED) is 0.753.